The molecule has 0 saturated carbocycles. The highest BCUT2D eigenvalue weighted by molar-refractivity contribution is 7.18. The third-order valence-corrected chi connectivity index (χ3v) is 9.14. The Bertz CT molecular complexity index is 2360. The molecule has 0 bridgehead atoms. The number of hydrogen-bond acceptors (Lipinski definition) is 8. The molecule has 48 heavy (non-hydrogen) atoms. The second-order valence-corrected chi connectivity index (χ2v) is 12.0. The van der Waals surface area contributed by atoms with Crippen molar-refractivity contribution in [1.29, 1.82) is 0 Å². The van der Waals surface area contributed by atoms with Gasteiger partial charge in [0.25, 0.3) is 0 Å². The fourth-order valence-electron chi connectivity index (χ4n) is 4.87. The van der Waals surface area contributed by atoms with Gasteiger partial charge in [0.05, 0.1) is 23.5 Å². The maximum Gasteiger partial charge on any atom is 0.239 e. The smallest absolute Gasteiger partial charge is 0.239 e. The molecule has 0 radical (unpaired) electrons. The fourth-order valence-corrected chi connectivity index (χ4v) is 6.62. The van der Waals surface area contributed by atoms with Crippen LogP contribution in [0.2, 0.25) is 0 Å². The maximum absolute atomic E-state index is 14.3. The monoisotopic (exact) mass is 708 g/mol. The SMILES string of the molecule is Fc1c(F)c(F)c(-c2ncc(-c3nc4cc5cc6oc(-c7cnc(-c8c(F)c(F)c(F)c(F)c8F)s7)nc6cc5cc4o3)s2)c(F)c1F. The number of aromatic nitrogens is 4. The van der Waals surface area contributed by atoms with Crippen molar-refractivity contribution in [3.8, 4) is 42.7 Å². The minimum absolute atomic E-state index is 0.0492. The topological polar surface area (TPSA) is 77.8 Å². The minimum atomic E-state index is -2.29. The normalized spacial score (nSPS) is 12.0. The average molecular weight is 709 g/mol. The van der Waals surface area contributed by atoms with Crippen molar-refractivity contribution in [3.05, 3.63) is 94.8 Å². The maximum atomic E-state index is 14.3. The second kappa shape index (κ2) is 10.6. The van der Waals surface area contributed by atoms with Gasteiger partial charge in [-0.25, -0.2) is 63.8 Å². The molecule has 4 aromatic carbocycles. The summed E-state index contributed by atoms with van der Waals surface area (Å²) in [6.07, 6.45) is 2.22. The summed E-state index contributed by atoms with van der Waals surface area (Å²) in [6.45, 7) is 0. The largest absolute Gasteiger partial charge is 0.435 e. The molecule has 8 aromatic rings. The Morgan fingerprint density at radius 1 is 0.438 bits per heavy atom. The first-order valence-corrected chi connectivity index (χ1v) is 14.7. The first-order valence-electron chi connectivity index (χ1n) is 13.0. The number of nitrogens with zero attached hydrogens (tertiary/aromatic N) is 4. The van der Waals surface area contributed by atoms with Crippen LogP contribution in [0.1, 0.15) is 0 Å². The molecule has 0 unspecified atom stereocenters. The summed E-state index contributed by atoms with van der Waals surface area (Å²) < 4.78 is 151. The van der Waals surface area contributed by atoms with E-state index in [4.69, 9.17) is 8.83 Å². The van der Waals surface area contributed by atoms with E-state index in [-0.39, 0.29) is 32.7 Å². The van der Waals surface area contributed by atoms with Crippen LogP contribution < -0.4 is 0 Å². The van der Waals surface area contributed by atoms with E-state index in [0.717, 1.165) is 12.4 Å². The predicted octanol–water partition coefficient (Wildman–Crippen LogP) is 10.1. The lowest BCUT2D eigenvalue weighted by molar-refractivity contribution is 0.381. The first kappa shape index (κ1) is 30.0. The van der Waals surface area contributed by atoms with Crippen molar-refractivity contribution in [3.63, 3.8) is 0 Å². The number of rotatable bonds is 4. The van der Waals surface area contributed by atoms with Crippen LogP contribution in [0.25, 0.3) is 75.6 Å². The van der Waals surface area contributed by atoms with Gasteiger partial charge >= 0.3 is 0 Å². The Morgan fingerprint density at radius 2 is 0.771 bits per heavy atom. The molecule has 0 N–H and O–H groups in total. The second-order valence-electron chi connectivity index (χ2n) is 9.97. The number of halogens is 10. The first-order chi connectivity index (χ1) is 22.9. The van der Waals surface area contributed by atoms with Gasteiger partial charge in [0.2, 0.25) is 23.4 Å². The van der Waals surface area contributed by atoms with E-state index in [0.29, 0.717) is 44.5 Å². The summed E-state index contributed by atoms with van der Waals surface area (Å²) in [4.78, 5) is 16.5. The van der Waals surface area contributed by atoms with Gasteiger partial charge in [-0.1, -0.05) is 0 Å². The molecule has 4 heterocycles. The molecular formula is C30H6F10N4O2S2. The Kier molecular flexibility index (Phi) is 6.61. The molecule has 0 aliphatic rings. The van der Waals surface area contributed by atoms with E-state index in [9.17, 15) is 43.9 Å². The van der Waals surface area contributed by atoms with Crippen LogP contribution in [-0.2, 0) is 0 Å². The van der Waals surface area contributed by atoms with Crippen LogP contribution in [0.5, 0.6) is 0 Å². The van der Waals surface area contributed by atoms with Gasteiger partial charge in [-0.3, -0.25) is 0 Å². The number of benzene rings is 4. The van der Waals surface area contributed by atoms with Crippen LogP contribution in [-0.4, -0.2) is 19.9 Å². The van der Waals surface area contributed by atoms with Crippen molar-refractivity contribution >= 4 is 55.6 Å². The molecule has 8 rings (SSSR count). The summed E-state index contributed by atoms with van der Waals surface area (Å²) in [5.41, 5.74) is -1.24. The van der Waals surface area contributed by atoms with E-state index in [1.54, 1.807) is 24.3 Å². The number of fused-ring (bicyclic) bond motifs is 3. The molecule has 6 nitrogen and oxygen atoms in total. The molecule has 4 aromatic heterocycles. The zero-order valence-corrected chi connectivity index (χ0v) is 24.3. The Hall–Kier alpha value is -5.36. The van der Waals surface area contributed by atoms with Crippen LogP contribution in [0, 0.1) is 58.2 Å². The average Bonchev–Trinajstić information content (AvgIpc) is 3.89. The van der Waals surface area contributed by atoms with Crippen molar-refractivity contribution in [2.24, 2.45) is 0 Å². The van der Waals surface area contributed by atoms with E-state index in [1.165, 1.54) is 0 Å². The third kappa shape index (κ3) is 4.39. The lowest BCUT2D eigenvalue weighted by Gasteiger charge is -2.05. The molecule has 0 aliphatic heterocycles. The lowest BCUT2D eigenvalue weighted by Crippen LogP contribution is -2.03. The molecule has 0 aliphatic carbocycles. The molecular weight excluding hydrogens is 702 g/mol. The number of oxazole rings is 2. The van der Waals surface area contributed by atoms with Crippen molar-refractivity contribution in [1.82, 2.24) is 19.9 Å². The van der Waals surface area contributed by atoms with Crippen molar-refractivity contribution < 1.29 is 52.7 Å². The molecule has 0 saturated heterocycles. The van der Waals surface area contributed by atoms with Crippen molar-refractivity contribution in [2.75, 3.05) is 0 Å². The molecule has 240 valence electrons. The summed E-state index contributed by atoms with van der Waals surface area (Å²) in [5.74, 6) is -21.3. The van der Waals surface area contributed by atoms with Gasteiger partial charge in [-0.15, -0.1) is 22.7 Å². The fraction of sp³-hybridized carbons (Fsp3) is 0. The predicted molar refractivity (Wildman–Crippen MR) is 152 cm³/mol. The zero-order chi connectivity index (χ0) is 33.8. The molecule has 18 heteroatoms. The quantitative estimate of drug-likeness (QED) is 0.103. The standard InChI is InChI=1S/C30H6F10N4O2S2/c31-17-15(18(32)22(36)25(39)21(17)35)29-41-5-13(47-29)27-43-9-1-7-3-12-10(2-8(7)4-11(9)45-27)44-28(46-12)14-6-42-30(48-14)16-19(33)23(37)26(40)24(38)20(16)34/h1-6H. The van der Waals surface area contributed by atoms with Gasteiger partial charge in [-0.05, 0) is 35.0 Å². The summed E-state index contributed by atoms with van der Waals surface area (Å²) in [5, 5.41) is 0.172. The third-order valence-electron chi connectivity index (χ3n) is 7.13. The Labute approximate surface area is 265 Å². The molecule has 0 fully saturated rings. The van der Waals surface area contributed by atoms with Gasteiger partial charge < -0.3 is 8.83 Å². The van der Waals surface area contributed by atoms with Gasteiger partial charge in [0.1, 0.15) is 30.8 Å². The lowest BCUT2D eigenvalue weighted by atomic mass is 10.1. The van der Waals surface area contributed by atoms with E-state index in [1.807, 2.05) is 0 Å². The highest BCUT2D eigenvalue weighted by Gasteiger charge is 2.30. The van der Waals surface area contributed by atoms with Crippen LogP contribution >= 0.6 is 22.7 Å². The minimum Gasteiger partial charge on any atom is -0.435 e. The van der Waals surface area contributed by atoms with Gasteiger partial charge in [0.15, 0.2) is 57.7 Å². The van der Waals surface area contributed by atoms with Crippen LogP contribution in [0.4, 0.5) is 43.9 Å². The zero-order valence-electron chi connectivity index (χ0n) is 22.7. The van der Waals surface area contributed by atoms with Crippen LogP contribution in [0.15, 0.2) is 45.5 Å². The summed E-state index contributed by atoms with van der Waals surface area (Å²) in [7, 11) is 0. The van der Waals surface area contributed by atoms with Gasteiger partial charge in [-0.2, -0.15) is 0 Å². The van der Waals surface area contributed by atoms with E-state index < -0.39 is 79.3 Å². The Morgan fingerprint density at radius 3 is 1.12 bits per heavy atom. The highest BCUT2D eigenvalue weighted by Crippen LogP contribution is 2.40. The molecule has 0 amide bonds. The van der Waals surface area contributed by atoms with Crippen LogP contribution in [0.3, 0.4) is 0 Å². The summed E-state index contributed by atoms with van der Waals surface area (Å²) in [6, 6.07) is 6.41. The number of thiazole rings is 2. The number of hydrogen-bond donors (Lipinski definition) is 0. The molecule has 0 spiro atoms. The van der Waals surface area contributed by atoms with Gasteiger partial charge in [0, 0.05) is 0 Å². The molecule has 0 atom stereocenters. The summed E-state index contributed by atoms with van der Waals surface area (Å²) >= 11 is 1.18. The van der Waals surface area contributed by atoms with E-state index in [2.05, 4.69) is 19.9 Å². The highest BCUT2D eigenvalue weighted by atomic mass is 32.1. The Balaban J connectivity index is 1.14. The van der Waals surface area contributed by atoms with Crippen molar-refractivity contribution in [2.45, 2.75) is 0 Å². The van der Waals surface area contributed by atoms with E-state index >= 15 is 0 Å².